The average molecular weight is 290 g/mol. The zero-order valence-corrected chi connectivity index (χ0v) is 12.9. The molecule has 0 aliphatic rings. The molecule has 2 aromatic heterocycles. The number of aromatic nitrogens is 4. The first-order valence-corrected chi connectivity index (χ1v) is 7.04. The van der Waals surface area contributed by atoms with Gasteiger partial charge in [0.15, 0.2) is 11.5 Å². The quantitative estimate of drug-likeness (QED) is 0.841. The molecule has 1 atom stereocenters. The molecule has 0 aliphatic heterocycles. The van der Waals surface area contributed by atoms with Crippen molar-refractivity contribution in [2.24, 2.45) is 12.8 Å². The minimum absolute atomic E-state index is 0.0839. The van der Waals surface area contributed by atoms with Crippen LogP contribution in [0.1, 0.15) is 35.1 Å². The van der Waals surface area contributed by atoms with Crippen LogP contribution < -0.4 is 11.1 Å². The molecule has 3 N–H and O–H groups in total. The van der Waals surface area contributed by atoms with Gasteiger partial charge in [0.1, 0.15) is 0 Å². The van der Waals surface area contributed by atoms with Gasteiger partial charge in [-0.15, -0.1) is 0 Å². The van der Waals surface area contributed by atoms with Crippen LogP contribution in [0.15, 0.2) is 12.3 Å². The molecule has 1 amide bonds. The van der Waals surface area contributed by atoms with E-state index in [-0.39, 0.29) is 11.9 Å². The normalized spacial score (nSPS) is 12.4. The van der Waals surface area contributed by atoms with Gasteiger partial charge in [-0.1, -0.05) is 6.92 Å². The van der Waals surface area contributed by atoms with Gasteiger partial charge in [0.25, 0.3) is 5.91 Å². The number of carbonyl (C=O) groups is 1. The predicted molar refractivity (Wildman–Crippen MR) is 80.4 cm³/mol. The van der Waals surface area contributed by atoms with Crippen LogP contribution in [0.2, 0.25) is 0 Å². The molecule has 0 saturated carbocycles. The lowest BCUT2D eigenvalue weighted by Crippen LogP contribution is -2.23. The van der Waals surface area contributed by atoms with Crippen LogP contribution in [0.25, 0.3) is 5.82 Å². The Kier molecular flexibility index (Phi) is 4.42. The van der Waals surface area contributed by atoms with Crippen molar-refractivity contribution in [2.45, 2.75) is 32.7 Å². The molecule has 1 unspecified atom stereocenters. The Morgan fingerprint density at radius 1 is 1.48 bits per heavy atom. The molecule has 2 aromatic rings. The lowest BCUT2D eigenvalue weighted by Gasteiger charge is -2.11. The number of aryl methyl sites for hydroxylation is 2. The molecule has 0 spiro atoms. The summed E-state index contributed by atoms with van der Waals surface area (Å²) in [5, 5.41) is 11.3. The highest BCUT2D eigenvalue weighted by Crippen LogP contribution is 2.19. The molecule has 21 heavy (non-hydrogen) atoms. The monoisotopic (exact) mass is 290 g/mol. The standard InChI is InChI=1S/C14H22N6O/c1-5-10(15)8-11-9(2)17-19(4)14(11)20-7-6-12(18-20)13(21)16-3/h6-7,10H,5,8,15H2,1-4H3,(H,16,21). The van der Waals surface area contributed by atoms with E-state index in [4.69, 9.17) is 5.73 Å². The maximum absolute atomic E-state index is 11.6. The third-order valence-electron chi connectivity index (χ3n) is 3.57. The summed E-state index contributed by atoms with van der Waals surface area (Å²) in [4.78, 5) is 11.6. The fraction of sp³-hybridized carbons (Fsp3) is 0.500. The van der Waals surface area contributed by atoms with Crippen molar-refractivity contribution in [1.82, 2.24) is 24.9 Å². The molecule has 0 aromatic carbocycles. The van der Waals surface area contributed by atoms with Crippen LogP contribution in [0, 0.1) is 6.92 Å². The van der Waals surface area contributed by atoms with Gasteiger partial charge in [0.05, 0.1) is 5.69 Å². The third kappa shape index (κ3) is 2.97. The molecule has 114 valence electrons. The van der Waals surface area contributed by atoms with E-state index >= 15 is 0 Å². The summed E-state index contributed by atoms with van der Waals surface area (Å²) in [6, 6.07) is 1.77. The Morgan fingerprint density at radius 2 is 2.19 bits per heavy atom. The molecule has 2 rings (SSSR count). The topological polar surface area (TPSA) is 90.8 Å². The van der Waals surface area contributed by atoms with Gasteiger partial charge in [0.2, 0.25) is 0 Å². The van der Waals surface area contributed by atoms with E-state index in [0.717, 1.165) is 29.9 Å². The summed E-state index contributed by atoms with van der Waals surface area (Å²) in [6.07, 6.45) is 3.40. The van der Waals surface area contributed by atoms with E-state index in [2.05, 4.69) is 22.4 Å². The smallest absolute Gasteiger partial charge is 0.271 e. The minimum atomic E-state index is -0.209. The second-order valence-electron chi connectivity index (χ2n) is 5.11. The van der Waals surface area contributed by atoms with Crippen LogP contribution in [0.3, 0.4) is 0 Å². The number of amides is 1. The molecule has 2 heterocycles. The van der Waals surface area contributed by atoms with E-state index in [1.165, 1.54) is 0 Å². The van der Waals surface area contributed by atoms with Crippen LogP contribution >= 0.6 is 0 Å². The van der Waals surface area contributed by atoms with Crippen molar-refractivity contribution in [3.05, 3.63) is 29.2 Å². The second-order valence-corrected chi connectivity index (χ2v) is 5.11. The Bertz CT molecular complexity index is 642. The maximum Gasteiger partial charge on any atom is 0.271 e. The van der Waals surface area contributed by atoms with Crippen molar-refractivity contribution in [1.29, 1.82) is 0 Å². The molecule has 7 nitrogen and oxygen atoms in total. The van der Waals surface area contributed by atoms with Crippen molar-refractivity contribution < 1.29 is 4.79 Å². The summed E-state index contributed by atoms with van der Waals surface area (Å²) in [5.41, 5.74) is 8.46. The summed E-state index contributed by atoms with van der Waals surface area (Å²) in [6.45, 7) is 4.03. The van der Waals surface area contributed by atoms with Gasteiger partial charge in [-0.2, -0.15) is 10.2 Å². The summed E-state index contributed by atoms with van der Waals surface area (Å²) in [7, 11) is 3.45. The van der Waals surface area contributed by atoms with Gasteiger partial charge in [-0.05, 0) is 25.8 Å². The van der Waals surface area contributed by atoms with E-state index in [1.54, 1.807) is 28.7 Å². The fourth-order valence-electron chi connectivity index (χ4n) is 2.31. The Morgan fingerprint density at radius 3 is 2.81 bits per heavy atom. The van der Waals surface area contributed by atoms with E-state index in [9.17, 15) is 4.79 Å². The highest BCUT2D eigenvalue weighted by molar-refractivity contribution is 5.91. The van der Waals surface area contributed by atoms with Gasteiger partial charge >= 0.3 is 0 Å². The molecule has 7 heteroatoms. The molecule has 0 aliphatic carbocycles. The number of nitrogens with zero attached hydrogens (tertiary/aromatic N) is 4. The maximum atomic E-state index is 11.6. The molecule has 0 bridgehead atoms. The number of hydrogen-bond acceptors (Lipinski definition) is 4. The number of nitrogens with two attached hydrogens (primary N) is 1. The molecular formula is C14H22N6O. The fourth-order valence-corrected chi connectivity index (χ4v) is 2.31. The molecule has 0 radical (unpaired) electrons. The lowest BCUT2D eigenvalue weighted by molar-refractivity contribution is 0.0957. The first-order chi connectivity index (χ1) is 9.97. The van der Waals surface area contributed by atoms with Crippen LogP contribution in [0.4, 0.5) is 0 Å². The summed E-state index contributed by atoms with van der Waals surface area (Å²) < 4.78 is 3.45. The Hall–Kier alpha value is -2.15. The largest absolute Gasteiger partial charge is 0.354 e. The molecular weight excluding hydrogens is 268 g/mol. The first-order valence-electron chi connectivity index (χ1n) is 7.04. The highest BCUT2D eigenvalue weighted by atomic mass is 16.1. The van der Waals surface area contributed by atoms with Gasteiger partial charge in [0, 0.05) is 31.9 Å². The van der Waals surface area contributed by atoms with E-state index in [0.29, 0.717) is 5.69 Å². The van der Waals surface area contributed by atoms with Crippen LogP contribution in [-0.4, -0.2) is 38.6 Å². The number of rotatable bonds is 5. The van der Waals surface area contributed by atoms with Gasteiger partial charge < -0.3 is 11.1 Å². The van der Waals surface area contributed by atoms with Gasteiger partial charge in [-0.25, -0.2) is 4.68 Å². The van der Waals surface area contributed by atoms with E-state index < -0.39 is 0 Å². The average Bonchev–Trinajstić information content (AvgIpc) is 3.03. The lowest BCUT2D eigenvalue weighted by atomic mass is 10.0. The van der Waals surface area contributed by atoms with Gasteiger partial charge in [-0.3, -0.25) is 9.48 Å². The first kappa shape index (κ1) is 15.2. The SMILES string of the molecule is CCC(N)Cc1c(C)nn(C)c1-n1ccc(C(=O)NC)n1. The minimum Gasteiger partial charge on any atom is -0.354 e. The van der Waals surface area contributed by atoms with Crippen molar-refractivity contribution >= 4 is 5.91 Å². The molecule has 0 fully saturated rings. The molecule has 0 saturated heterocycles. The number of hydrogen-bond donors (Lipinski definition) is 2. The Labute approximate surface area is 124 Å². The summed E-state index contributed by atoms with van der Waals surface area (Å²) in [5.74, 6) is 0.644. The third-order valence-corrected chi connectivity index (χ3v) is 3.57. The highest BCUT2D eigenvalue weighted by Gasteiger charge is 2.19. The van der Waals surface area contributed by atoms with Crippen molar-refractivity contribution in [3.63, 3.8) is 0 Å². The zero-order chi connectivity index (χ0) is 15.6. The van der Waals surface area contributed by atoms with Crippen LogP contribution in [-0.2, 0) is 13.5 Å². The van der Waals surface area contributed by atoms with Crippen LogP contribution in [0.5, 0.6) is 0 Å². The Balaban J connectivity index is 2.43. The zero-order valence-electron chi connectivity index (χ0n) is 12.9. The number of carbonyl (C=O) groups excluding carboxylic acids is 1. The number of nitrogens with one attached hydrogen (secondary N) is 1. The second kappa shape index (κ2) is 6.09. The summed E-state index contributed by atoms with van der Waals surface area (Å²) >= 11 is 0. The van der Waals surface area contributed by atoms with Crippen molar-refractivity contribution in [2.75, 3.05) is 7.05 Å². The van der Waals surface area contributed by atoms with E-state index in [1.807, 2.05) is 14.0 Å². The predicted octanol–water partition coefficient (Wildman–Crippen LogP) is 0.554. The van der Waals surface area contributed by atoms with Crippen molar-refractivity contribution in [3.8, 4) is 5.82 Å².